The predicted molar refractivity (Wildman–Crippen MR) is 77.3 cm³/mol. The van der Waals surface area contributed by atoms with Gasteiger partial charge in [0, 0.05) is 0 Å². The number of methoxy groups -OCH3 is 2. The molecule has 0 saturated heterocycles. The first-order valence-electron chi connectivity index (χ1n) is 6.35. The summed E-state index contributed by atoms with van der Waals surface area (Å²) in [4.78, 5) is 23.6. The van der Waals surface area contributed by atoms with Crippen molar-refractivity contribution in [2.24, 2.45) is 0 Å². The molecule has 6 heteroatoms. The monoisotopic (exact) mass is 302 g/mol. The standard InChI is InChI=1S/C16H14O6/c1-19-11-7-3-5-9-13(11)21-15(17)16(18)22-14-10-6-4-8-12(14)20-2/h3-10H,1-2H3. The van der Waals surface area contributed by atoms with Crippen molar-refractivity contribution in [2.75, 3.05) is 14.2 Å². The third kappa shape index (κ3) is 3.54. The number of esters is 2. The lowest BCUT2D eigenvalue weighted by molar-refractivity contribution is -0.156. The summed E-state index contributed by atoms with van der Waals surface area (Å²) in [5.41, 5.74) is 0. The molecule has 0 bridgehead atoms. The van der Waals surface area contributed by atoms with Gasteiger partial charge >= 0.3 is 11.9 Å². The van der Waals surface area contributed by atoms with E-state index < -0.39 is 11.9 Å². The third-order valence-corrected chi connectivity index (χ3v) is 2.71. The topological polar surface area (TPSA) is 71.1 Å². The van der Waals surface area contributed by atoms with E-state index >= 15 is 0 Å². The summed E-state index contributed by atoms with van der Waals surface area (Å²) in [7, 11) is 2.86. The zero-order chi connectivity index (χ0) is 15.9. The van der Waals surface area contributed by atoms with Crippen LogP contribution in [0, 0.1) is 0 Å². The van der Waals surface area contributed by atoms with Crippen molar-refractivity contribution in [3.8, 4) is 23.0 Å². The van der Waals surface area contributed by atoms with E-state index in [4.69, 9.17) is 18.9 Å². The highest BCUT2D eigenvalue weighted by atomic mass is 16.6. The second-order valence-corrected chi connectivity index (χ2v) is 4.08. The predicted octanol–water partition coefficient (Wildman–Crippen LogP) is 2.21. The fourth-order valence-electron chi connectivity index (χ4n) is 1.69. The number of carbonyl (C=O) groups is 2. The average Bonchev–Trinajstić information content (AvgIpc) is 2.55. The van der Waals surface area contributed by atoms with Crippen LogP contribution in [0.2, 0.25) is 0 Å². The van der Waals surface area contributed by atoms with E-state index in [0.29, 0.717) is 11.5 Å². The van der Waals surface area contributed by atoms with Gasteiger partial charge in [-0.25, -0.2) is 9.59 Å². The Bertz CT molecular complexity index is 620. The Hall–Kier alpha value is -3.02. The van der Waals surface area contributed by atoms with E-state index in [2.05, 4.69) is 0 Å². The fraction of sp³-hybridized carbons (Fsp3) is 0.125. The minimum Gasteiger partial charge on any atom is -0.493 e. The van der Waals surface area contributed by atoms with Gasteiger partial charge in [0.15, 0.2) is 23.0 Å². The van der Waals surface area contributed by atoms with Crippen molar-refractivity contribution in [3.05, 3.63) is 48.5 Å². The van der Waals surface area contributed by atoms with Gasteiger partial charge in [0.25, 0.3) is 0 Å². The van der Waals surface area contributed by atoms with Gasteiger partial charge in [0.2, 0.25) is 0 Å². The first kappa shape index (κ1) is 15.4. The molecular weight excluding hydrogens is 288 g/mol. The molecule has 0 aromatic heterocycles. The van der Waals surface area contributed by atoms with Crippen LogP contribution in [-0.2, 0) is 9.59 Å². The molecule has 0 N–H and O–H groups in total. The van der Waals surface area contributed by atoms with Crippen LogP contribution < -0.4 is 18.9 Å². The first-order chi connectivity index (χ1) is 10.7. The quantitative estimate of drug-likeness (QED) is 0.490. The van der Waals surface area contributed by atoms with Crippen LogP contribution in [0.1, 0.15) is 0 Å². The smallest absolute Gasteiger partial charge is 0.423 e. The molecule has 0 unspecified atom stereocenters. The van der Waals surface area contributed by atoms with Gasteiger partial charge in [-0.2, -0.15) is 0 Å². The van der Waals surface area contributed by atoms with E-state index in [9.17, 15) is 9.59 Å². The van der Waals surface area contributed by atoms with Crippen molar-refractivity contribution >= 4 is 11.9 Å². The molecule has 0 aliphatic heterocycles. The van der Waals surface area contributed by atoms with Crippen LogP contribution in [0.15, 0.2) is 48.5 Å². The summed E-state index contributed by atoms with van der Waals surface area (Å²) in [6.45, 7) is 0. The average molecular weight is 302 g/mol. The van der Waals surface area contributed by atoms with Crippen molar-refractivity contribution < 1.29 is 28.5 Å². The fourth-order valence-corrected chi connectivity index (χ4v) is 1.69. The summed E-state index contributed by atoms with van der Waals surface area (Å²) < 4.78 is 20.0. The van der Waals surface area contributed by atoms with E-state index in [-0.39, 0.29) is 11.5 Å². The van der Waals surface area contributed by atoms with Crippen LogP contribution in [-0.4, -0.2) is 26.2 Å². The van der Waals surface area contributed by atoms with Gasteiger partial charge in [0.05, 0.1) is 14.2 Å². The lowest BCUT2D eigenvalue weighted by atomic mass is 10.3. The van der Waals surface area contributed by atoms with Crippen LogP contribution in [0.3, 0.4) is 0 Å². The molecule has 0 heterocycles. The van der Waals surface area contributed by atoms with Gasteiger partial charge in [-0.05, 0) is 24.3 Å². The first-order valence-corrected chi connectivity index (χ1v) is 6.35. The van der Waals surface area contributed by atoms with Gasteiger partial charge in [-0.3, -0.25) is 0 Å². The number of carbonyl (C=O) groups excluding carboxylic acids is 2. The van der Waals surface area contributed by atoms with Crippen LogP contribution in [0.5, 0.6) is 23.0 Å². The van der Waals surface area contributed by atoms with Gasteiger partial charge in [0.1, 0.15) is 0 Å². The molecule has 0 radical (unpaired) electrons. The lowest BCUT2D eigenvalue weighted by Crippen LogP contribution is -2.25. The highest BCUT2D eigenvalue weighted by Crippen LogP contribution is 2.27. The molecule has 0 spiro atoms. The van der Waals surface area contributed by atoms with Crippen molar-refractivity contribution in [1.29, 1.82) is 0 Å². The number of benzene rings is 2. The summed E-state index contributed by atoms with van der Waals surface area (Å²) in [6, 6.07) is 12.9. The number of hydrogen-bond acceptors (Lipinski definition) is 6. The lowest BCUT2D eigenvalue weighted by Gasteiger charge is -2.10. The number of para-hydroxylation sites is 4. The minimum atomic E-state index is -1.16. The van der Waals surface area contributed by atoms with Crippen LogP contribution >= 0.6 is 0 Å². The molecule has 0 atom stereocenters. The molecule has 2 rings (SSSR count). The normalized spacial score (nSPS) is 9.73. The third-order valence-electron chi connectivity index (χ3n) is 2.71. The molecule has 0 fully saturated rings. The molecular formula is C16H14O6. The maximum atomic E-state index is 11.8. The molecule has 0 amide bonds. The second kappa shape index (κ2) is 7.12. The Morgan fingerprint density at radius 3 is 1.27 bits per heavy atom. The number of hydrogen-bond donors (Lipinski definition) is 0. The molecule has 0 aliphatic rings. The second-order valence-electron chi connectivity index (χ2n) is 4.08. The van der Waals surface area contributed by atoms with E-state index in [1.165, 1.54) is 26.4 Å². The van der Waals surface area contributed by atoms with E-state index in [1.807, 2.05) is 0 Å². The Morgan fingerprint density at radius 2 is 0.955 bits per heavy atom. The molecule has 2 aromatic carbocycles. The van der Waals surface area contributed by atoms with Gasteiger partial charge in [-0.1, -0.05) is 24.3 Å². The SMILES string of the molecule is COc1ccccc1OC(=O)C(=O)Oc1ccccc1OC. The number of rotatable bonds is 4. The Morgan fingerprint density at radius 1 is 0.636 bits per heavy atom. The largest absolute Gasteiger partial charge is 0.493 e. The highest BCUT2D eigenvalue weighted by Gasteiger charge is 2.22. The molecule has 6 nitrogen and oxygen atoms in total. The molecule has 0 saturated carbocycles. The van der Waals surface area contributed by atoms with Crippen molar-refractivity contribution in [2.45, 2.75) is 0 Å². The summed E-state index contributed by atoms with van der Waals surface area (Å²) in [6.07, 6.45) is 0. The summed E-state index contributed by atoms with van der Waals surface area (Å²) >= 11 is 0. The highest BCUT2D eigenvalue weighted by molar-refractivity contribution is 6.31. The minimum absolute atomic E-state index is 0.131. The molecule has 0 aliphatic carbocycles. The van der Waals surface area contributed by atoms with Gasteiger partial charge < -0.3 is 18.9 Å². The maximum absolute atomic E-state index is 11.8. The molecule has 2 aromatic rings. The van der Waals surface area contributed by atoms with Crippen molar-refractivity contribution in [3.63, 3.8) is 0 Å². The van der Waals surface area contributed by atoms with Gasteiger partial charge in [-0.15, -0.1) is 0 Å². The maximum Gasteiger partial charge on any atom is 0.423 e. The Kier molecular flexibility index (Phi) is 4.98. The molecule has 22 heavy (non-hydrogen) atoms. The van der Waals surface area contributed by atoms with Crippen LogP contribution in [0.4, 0.5) is 0 Å². The Balaban J connectivity index is 2.08. The summed E-state index contributed by atoms with van der Waals surface area (Å²) in [5, 5.41) is 0. The van der Waals surface area contributed by atoms with Crippen LogP contribution in [0.25, 0.3) is 0 Å². The zero-order valence-electron chi connectivity index (χ0n) is 12.1. The molecule has 114 valence electrons. The zero-order valence-corrected chi connectivity index (χ0v) is 12.1. The number of ether oxygens (including phenoxy) is 4. The Labute approximate surface area is 127 Å². The van der Waals surface area contributed by atoms with Crippen molar-refractivity contribution in [1.82, 2.24) is 0 Å². The van der Waals surface area contributed by atoms with E-state index in [1.54, 1.807) is 36.4 Å². The summed E-state index contributed by atoms with van der Waals surface area (Å²) in [5.74, 6) is -1.38. The van der Waals surface area contributed by atoms with E-state index in [0.717, 1.165) is 0 Å².